The summed E-state index contributed by atoms with van der Waals surface area (Å²) in [5.41, 5.74) is 3.50. The van der Waals surface area contributed by atoms with Crippen molar-refractivity contribution in [2.24, 2.45) is 0 Å². The van der Waals surface area contributed by atoms with Crippen LogP contribution in [0.2, 0.25) is 37.8 Å². The first-order chi connectivity index (χ1) is 10.2. The largest absolute Gasteiger partial charge is 0.412 e. The van der Waals surface area contributed by atoms with E-state index in [2.05, 4.69) is 65.0 Å². The second-order valence-corrected chi connectivity index (χ2v) is 18.0. The van der Waals surface area contributed by atoms with Gasteiger partial charge in [-0.1, -0.05) is 46.3 Å². The Balaban J connectivity index is 3.01. The van der Waals surface area contributed by atoms with E-state index < -0.39 is 28.0 Å². The van der Waals surface area contributed by atoms with Gasteiger partial charge >= 0.3 is 0 Å². The molecule has 0 saturated heterocycles. The highest BCUT2D eigenvalue weighted by Crippen LogP contribution is 2.37. The van der Waals surface area contributed by atoms with Crippen LogP contribution in [-0.2, 0) is 11.0 Å². The minimum absolute atomic E-state index is 0.00268. The zero-order valence-corrected chi connectivity index (χ0v) is 17.5. The van der Waals surface area contributed by atoms with Crippen molar-refractivity contribution < 1.29 is 13.2 Å². The fourth-order valence-corrected chi connectivity index (χ4v) is 3.00. The van der Waals surface area contributed by atoms with Crippen LogP contribution in [0.25, 0.3) is 0 Å². The third kappa shape index (κ3) is 5.87. The highest BCUT2D eigenvalue weighted by molar-refractivity contribution is 6.83. The molecule has 1 nitrogen and oxygen atoms in total. The van der Waals surface area contributed by atoms with Crippen LogP contribution in [0.1, 0.15) is 31.9 Å². The molecule has 23 heavy (non-hydrogen) atoms. The van der Waals surface area contributed by atoms with Gasteiger partial charge in [-0.2, -0.15) is 0 Å². The van der Waals surface area contributed by atoms with E-state index in [0.717, 1.165) is 0 Å². The zero-order valence-electron chi connectivity index (χ0n) is 15.5. The number of rotatable bonds is 3. The van der Waals surface area contributed by atoms with Gasteiger partial charge in [0.1, 0.15) is 19.7 Å². The maximum Gasteiger partial charge on any atom is 0.192 e. The van der Waals surface area contributed by atoms with Crippen LogP contribution in [-0.4, -0.2) is 16.4 Å². The Labute approximate surface area is 141 Å². The summed E-state index contributed by atoms with van der Waals surface area (Å²) in [5.74, 6) is 1.73. The lowest BCUT2D eigenvalue weighted by Crippen LogP contribution is -2.40. The van der Waals surface area contributed by atoms with Crippen LogP contribution in [0.5, 0.6) is 0 Å². The summed E-state index contributed by atoms with van der Waals surface area (Å²) in [6.45, 7) is 16.7. The summed E-state index contributed by atoms with van der Waals surface area (Å²) >= 11 is 0. The Morgan fingerprint density at radius 2 is 1.48 bits per heavy atom. The summed E-state index contributed by atoms with van der Waals surface area (Å²) in [5, 5.41) is 0.00268. The predicted molar refractivity (Wildman–Crippen MR) is 98.6 cm³/mol. The predicted octanol–water partition coefficient (Wildman–Crippen LogP) is 5.72. The van der Waals surface area contributed by atoms with E-state index in [1.165, 1.54) is 12.1 Å². The Morgan fingerprint density at radius 3 is 1.87 bits per heavy atom. The fourth-order valence-electron chi connectivity index (χ4n) is 1.54. The quantitative estimate of drug-likeness (QED) is 0.498. The molecule has 0 aliphatic rings. The van der Waals surface area contributed by atoms with Crippen molar-refractivity contribution in [2.45, 2.75) is 65.2 Å². The lowest BCUT2D eigenvalue weighted by Gasteiger charge is -2.36. The van der Waals surface area contributed by atoms with Crippen molar-refractivity contribution in [3.8, 4) is 11.5 Å². The van der Waals surface area contributed by atoms with Gasteiger partial charge in [0.25, 0.3) is 0 Å². The van der Waals surface area contributed by atoms with Gasteiger partial charge in [0.05, 0.1) is 6.61 Å². The maximum absolute atomic E-state index is 14.2. The smallest absolute Gasteiger partial charge is 0.192 e. The van der Waals surface area contributed by atoms with E-state index in [0.29, 0.717) is 5.56 Å². The highest BCUT2D eigenvalue weighted by atomic mass is 28.4. The summed E-state index contributed by atoms with van der Waals surface area (Å²) in [7, 11) is -3.62. The topological polar surface area (TPSA) is 9.23 Å². The van der Waals surface area contributed by atoms with Crippen LogP contribution < -0.4 is 0 Å². The summed E-state index contributed by atoms with van der Waals surface area (Å²) in [6.07, 6.45) is 0. The molecule has 0 bridgehead atoms. The summed E-state index contributed by atoms with van der Waals surface area (Å²) < 4.78 is 34.4. The van der Waals surface area contributed by atoms with E-state index >= 15 is 0 Å². The molecule has 0 aliphatic heterocycles. The molecular formula is C18H28F2OSi2. The molecule has 0 fully saturated rings. The Kier molecular flexibility index (Phi) is 6.00. The van der Waals surface area contributed by atoms with Crippen molar-refractivity contribution in [3.63, 3.8) is 0 Å². The molecule has 0 aromatic heterocycles. The van der Waals surface area contributed by atoms with Crippen molar-refractivity contribution in [1.29, 1.82) is 0 Å². The van der Waals surface area contributed by atoms with Gasteiger partial charge in [-0.3, -0.25) is 0 Å². The first kappa shape index (κ1) is 20.1. The first-order valence-corrected chi connectivity index (χ1v) is 14.3. The van der Waals surface area contributed by atoms with Gasteiger partial charge < -0.3 is 4.43 Å². The lowest BCUT2D eigenvalue weighted by atomic mass is 10.1. The normalized spacial score (nSPS) is 12.8. The van der Waals surface area contributed by atoms with Gasteiger partial charge in [-0.05, 0) is 30.3 Å². The van der Waals surface area contributed by atoms with Crippen LogP contribution in [0, 0.1) is 23.1 Å². The standard InChI is InChI=1S/C18H28F2OSi2/c1-18(2,3)23(7,8)21-13-15-16(19)11-14(12-17(15)20)9-10-22(4,5)6/h11-12H,13H2,1-8H3. The highest BCUT2D eigenvalue weighted by Gasteiger charge is 2.37. The molecule has 128 valence electrons. The zero-order chi connectivity index (χ0) is 18.1. The average molecular weight is 355 g/mol. The second-order valence-electron chi connectivity index (χ2n) is 8.47. The molecule has 0 radical (unpaired) electrons. The Hall–Kier alpha value is -0.966. The number of benzene rings is 1. The Bertz CT molecular complexity index is 606. The summed E-state index contributed by atoms with van der Waals surface area (Å²) in [4.78, 5) is 0. The molecule has 0 atom stereocenters. The SMILES string of the molecule is CC(C)(C)[Si](C)(C)OCc1c(F)cc(C#C[Si](C)(C)C)cc1F. The first-order valence-electron chi connectivity index (χ1n) is 7.88. The molecule has 0 unspecified atom stereocenters. The molecule has 1 aromatic carbocycles. The monoisotopic (exact) mass is 354 g/mol. The average Bonchev–Trinajstić information content (AvgIpc) is 2.33. The second kappa shape index (κ2) is 6.88. The molecule has 5 heteroatoms. The maximum atomic E-state index is 14.2. The van der Waals surface area contributed by atoms with E-state index in [4.69, 9.17) is 4.43 Å². The van der Waals surface area contributed by atoms with Gasteiger partial charge in [-0.15, -0.1) is 5.54 Å². The Morgan fingerprint density at radius 1 is 1.00 bits per heavy atom. The van der Waals surface area contributed by atoms with Crippen LogP contribution >= 0.6 is 0 Å². The minimum Gasteiger partial charge on any atom is -0.412 e. The molecule has 0 N–H and O–H groups in total. The lowest BCUT2D eigenvalue weighted by molar-refractivity contribution is 0.265. The minimum atomic E-state index is -2.04. The van der Waals surface area contributed by atoms with Crippen LogP contribution in [0.15, 0.2) is 12.1 Å². The molecule has 0 heterocycles. The van der Waals surface area contributed by atoms with Gasteiger partial charge in [0.2, 0.25) is 0 Å². The van der Waals surface area contributed by atoms with E-state index in [1.807, 2.05) is 0 Å². The fraction of sp³-hybridized carbons (Fsp3) is 0.556. The van der Waals surface area contributed by atoms with Crippen LogP contribution in [0.3, 0.4) is 0 Å². The molecule has 0 amide bonds. The van der Waals surface area contributed by atoms with E-state index in [-0.39, 0.29) is 17.2 Å². The van der Waals surface area contributed by atoms with Crippen molar-refractivity contribution >= 4 is 16.4 Å². The summed E-state index contributed by atoms with van der Waals surface area (Å²) in [6, 6.07) is 2.61. The molecule has 1 rings (SSSR count). The number of hydrogen-bond donors (Lipinski definition) is 0. The third-order valence-electron chi connectivity index (χ3n) is 4.11. The molecule has 0 aliphatic carbocycles. The van der Waals surface area contributed by atoms with E-state index in [1.54, 1.807) is 0 Å². The molecule has 1 aromatic rings. The third-order valence-corrected chi connectivity index (χ3v) is 9.46. The van der Waals surface area contributed by atoms with Gasteiger partial charge in [0.15, 0.2) is 8.32 Å². The number of hydrogen-bond acceptors (Lipinski definition) is 1. The van der Waals surface area contributed by atoms with Gasteiger partial charge in [-0.25, -0.2) is 8.78 Å². The molecule has 0 spiro atoms. The molecule has 0 saturated carbocycles. The van der Waals surface area contributed by atoms with Crippen molar-refractivity contribution in [2.75, 3.05) is 0 Å². The van der Waals surface area contributed by atoms with Crippen LogP contribution in [0.4, 0.5) is 8.78 Å². The molecular weight excluding hydrogens is 326 g/mol. The van der Waals surface area contributed by atoms with E-state index in [9.17, 15) is 8.78 Å². The van der Waals surface area contributed by atoms with Gasteiger partial charge in [0, 0.05) is 11.1 Å². The number of halogens is 2. The van der Waals surface area contributed by atoms with Crippen molar-refractivity contribution in [3.05, 3.63) is 34.9 Å². The van der Waals surface area contributed by atoms with Crippen molar-refractivity contribution in [1.82, 2.24) is 0 Å².